The zero-order chi connectivity index (χ0) is 11.6. The number of likely N-dealkylation sites (tertiary alicyclic amines) is 1. The summed E-state index contributed by atoms with van der Waals surface area (Å²) in [5.41, 5.74) is 0.00951. The Balaban J connectivity index is 2.02. The molecule has 1 heterocycles. The van der Waals surface area contributed by atoms with Crippen molar-refractivity contribution in [3.05, 3.63) is 0 Å². The molecule has 0 radical (unpaired) electrons. The SMILES string of the molecule is CC1CC(CC(=O)O)(N2CCCCCC2)C1. The predicted molar refractivity (Wildman–Crippen MR) is 63.4 cm³/mol. The molecule has 1 aliphatic carbocycles. The van der Waals surface area contributed by atoms with Crippen LogP contribution in [0.5, 0.6) is 0 Å². The average molecular weight is 225 g/mol. The Morgan fingerprint density at radius 3 is 2.25 bits per heavy atom. The van der Waals surface area contributed by atoms with Crippen molar-refractivity contribution in [3.8, 4) is 0 Å². The summed E-state index contributed by atoms with van der Waals surface area (Å²) in [5.74, 6) is 0.0822. The Hall–Kier alpha value is -0.570. The molecule has 2 aliphatic rings. The van der Waals surface area contributed by atoms with Crippen molar-refractivity contribution < 1.29 is 9.90 Å². The average Bonchev–Trinajstić information content (AvgIpc) is 2.41. The van der Waals surface area contributed by atoms with Gasteiger partial charge in [-0.15, -0.1) is 0 Å². The lowest BCUT2D eigenvalue weighted by molar-refractivity contribution is -0.144. The van der Waals surface area contributed by atoms with Crippen LogP contribution < -0.4 is 0 Å². The molecule has 16 heavy (non-hydrogen) atoms. The second kappa shape index (κ2) is 4.74. The van der Waals surface area contributed by atoms with Gasteiger partial charge in [0.2, 0.25) is 0 Å². The fraction of sp³-hybridized carbons (Fsp3) is 0.923. The van der Waals surface area contributed by atoms with Gasteiger partial charge in [0.1, 0.15) is 0 Å². The van der Waals surface area contributed by atoms with Crippen LogP contribution in [0.1, 0.15) is 51.9 Å². The molecule has 3 nitrogen and oxygen atoms in total. The van der Waals surface area contributed by atoms with E-state index < -0.39 is 5.97 Å². The van der Waals surface area contributed by atoms with Crippen LogP contribution in [0.4, 0.5) is 0 Å². The molecule has 0 amide bonds. The van der Waals surface area contributed by atoms with Crippen LogP contribution in [0.15, 0.2) is 0 Å². The Kier molecular flexibility index (Phi) is 3.53. The first-order valence-corrected chi connectivity index (χ1v) is 6.59. The first-order chi connectivity index (χ1) is 7.62. The molecule has 1 saturated heterocycles. The minimum absolute atomic E-state index is 0.00951. The summed E-state index contributed by atoms with van der Waals surface area (Å²) in [7, 11) is 0. The van der Waals surface area contributed by atoms with Crippen LogP contribution in [-0.4, -0.2) is 34.6 Å². The lowest BCUT2D eigenvalue weighted by Crippen LogP contribution is -2.58. The highest BCUT2D eigenvalue weighted by Crippen LogP contribution is 2.45. The molecular weight excluding hydrogens is 202 g/mol. The summed E-state index contributed by atoms with van der Waals surface area (Å²) in [6.45, 7) is 4.46. The van der Waals surface area contributed by atoms with Gasteiger partial charge in [-0.1, -0.05) is 19.8 Å². The smallest absolute Gasteiger partial charge is 0.305 e. The maximum Gasteiger partial charge on any atom is 0.305 e. The third kappa shape index (κ3) is 2.40. The number of hydrogen-bond donors (Lipinski definition) is 1. The van der Waals surface area contributed by atoms with E-state index in [0.29, 0.717) is 12.3 Å². The molecule has 3 heteroatoms. The molecule has 0 aromatic carbocycles. The van der Waals surface area contributed by atoms with Crippen molar-refractivity contribution in [2.45, 2.75) is 57.4 Å². The van der Waals surface area contributed by atoms with Gasteiger partial charge in [-0.05, 0) is 44.7 Å². The molecule has 0 bridgehead atoms. The first kappa shape index (κ1) is 11.9. The van der Waals surface area contributed by atoms with Gasteiger partial charge >= 0.3 is 5.97 Å². The van der Waals surface area contributed by atoms with Crippen LogP contribution in [0.25, 0.3) is 0 Å². The maximum absolute atomic E-state index is 11.0. The fourth-order valence-electron chi connectivity index (χ4n) is 3.58. The second-order valence-corrected chi connectivity index (χ2v) is 5.71. The summed E-state index contributed by atoms with van der Waals surface area (Å²) in [4.78, 5) is 13.5. The van der Waals surface area contributed by atoms with E-state index in [1.165, 1.54) is 25.7 Å². The molecule has 1 aliphatic heterocycles. The van der Waals surface area contributed by atoms with Gasteiger partial charge in [0, 0.05) is 5.54 Å². The lowest BCUT2D eigenvalue weighted by atomic mass is 9.66. The summed E-state index contributed by atoms with van der Waals surface area (Å²) in [6.07, 6.45) is 7.63. The fourth-order valence-corrected chi connectivity index (χ4v) is 3.58. The molecule has 2 rings (SSSR count). The van der Waals surface area contributed by atoms with Gasteiger partial charge in [-0.2, -0.15) is 0 Å². The summed E-state index contributed by atoms with van der Waals surface area (Å²) in [6, 6.07) is 0. The zero-order valence-electron chi connectivity index (χ0n) is 10.2. The van der Waals surface area contributed by atoms with Gasteiger partial charge in [-0.25, -0.2) is 0 Å². The highest BCUT2D eigenvalue weighted by Gasteiger charge is 2.47. The van der Waals surface area contributed by atoms with Crippen molar-refractivity contribution in [1.29, 1.82) is 0 Å². The van der Waals surface area contributed by atoms with Gasteiger partial charge < -0.3 is 5.11 Å². The topological polar surface area (TPSA) is 40.5 Å². The Labute approximate surface area is 97.8 Å². The molecule has 1 saturated carbocycles. The molecule has 1 N–H and O–H groups in total. The van der Waals surface area contributed by atoms with E-state index in [1.54, 1.807) is 0 Å². The largest absolute Gasteiger partial charge is 0.481 e. The quantitative estimate of drug-likeness (QED) is 0.802. The monoisotopic (exact) mass is 225 g/mol. The lowest BCUT2D eigenvalue weighted by Gasteiger charge is -2.53. The number of nitrogens with zero attached hydrogens (tertiary/aromatic N) is 1. The summed E-state index contributed by atoms with van der Waals surface area (Å²) < 4.78 is 0. The van der Waals surface area contributed by atoms with E-state index in [1.807, 2.05) is 0 Å². The number of rotatable bonds is 3. The normalized spacial score (nSPS) is 36.4. The van der Waals surface area contributed by atoms with E-state index in [0.717, 1.165) is 25.9 Å². The molecule has 0 aromatic rings. The van der Waals surface area contributed by atoms with Crippen LogP contribution in [0.2, 0.25) is 0 Å². The molecule has 2 fully saturated rings. The van der Waals surface area contributed by atoms with Gasteiger partial charge in [0.15, 0.2) is 0 Å². The first-order valence-electron chi connectivity index (χ1n) is 6.59. The highest BCUT2D eigenvalue weighted by atomic mass is 16.4. The van der Waals surface area contributed by atoms with Crippen molar-refractivity contribution >= 4 is 5.97 Å². The number of carboxylic acid groups (broad SMARTS) is 1. The van der Waals surface area contributed by atoms with E-state index in [-0.39, 0.29) is 5.54 Å². The molecule has 0 aromatic heterocycles. The van der Waals surface area contributed by atoms with Crippen LogP contribution in [0.3, 0.4) is 0 Å². The van der Waals surface area contributed by atoms with Crippen LogP contribution >= 0.6 is 0 Å². The minimum atomic E-state index is -0.629. The zero-order valence-corrected chi connectivity index (χ0v) is 10.2. The summed E-state index contributed by atoms with van der Waals surface area (Å²) in [5, 5.41) is 9.07. The van der Waals surface area contributed by atoms with Crippen molar-refractivity contribution in [2.24, 2.45) is 5.92 Å². The van der Waals surface area contributed by atoms with Crippen LogP contribution in [-0.2, 0) is 4.79 Å². The Bertz CT molecular complexity index is 251. The Morgan fingerprint density at radius 1 is 1.25 bits per heavy atom. The van der Waals surface area contributed by atoms with Crippen molar-refractivity contribution in [1.82, 2.24) is 4.90 Å². The standard InChI is InChI=1S/C13H23NO2/c1-11-8-13(9-11,10-12(15)16)14-6-4-2-3-5-7-14/h11H,2-10H2,1H3,(H,15,16). The molecule has 0 atom stereocenters. The van der Waals surface area contributed by atoms with Gasteiger partial charge in [0.25, 0.3) is 0 Å². The maximum atomic E-state index is 11.0. The Morgan fingerprint density at radius 2 is 1.81 bits per heavy atom. The van der Waals surface area contributed by atoms with Gasteiger partial charge in [0.05, 0.1) is 6.42 Å². The number of carboxylic acids is 1. The minimum Gasteiger partial charge on any atom is -0.481 e. The number of carbonyl (C=O) groups is 1. The third-order valence-electron chi connectivity index (χ3n) is 4.21. The summed E-state index contributed by atoms with van der Waals surface area (Å²) >= 11 is 0. The van der Waals surface area contributed by atoms with E-state index in [4.69, 9.17) is 5.11 Å². The van der Waals surface area contributed by atoms with Crippen molar-refractivity contribution in [2.75, 3.05) is 13.1 Å². The van der Waals surface area contributed by atoms with Gasteiger partial charge in [-0.3, -0.25) is 9.69 Å². The van der Waals surface area contributed by atoms with E-state index in [9.17, 15) is 4.79 Å². The molecule has 0 spiro atoms. The third-order valence-corrected chi connectivity index (χ3v) is 4.21. The van der Waals surface area contributed by atoms with E-state index in [2.05, 4.69) is 11.8 Å². The highest BCUT2D eigenvalue weighted by molar-refractivity contribution is 5.68. The molecule has 0 unspecified atom stereocenters. The number of aliphatic carboxylic acids is 1. The van der Waals surface area contributed by atoms with Crippen molar-refractivity contribution in [3.63, 3.8) is 0 Å². The second-order valence-electron chi connectivity index (χ2n) is 5.71. The van der Waals surface area contributed by atoms with E-state index >= 15 is 0 Å². The number of hydrogen-bond acceptors (Lipinski definition) is 2. The predicted octanol–water partition coefficient (Wildman–Crippen LogP) is 2.51. The van der Waals surface area contributed by atoms with Crippen LogP contribution in [0, 0.1) is 5.92 Å². The molecule has 92 valence electrons. The molecular formula is C13H23NO2.